The largest absolute Gasteiger partial charge is 0.451 e. The predicted molar refractivity (Wildman–Crippen MR) is 130 cm³/mol. The van der Waals surface area contributed by atoms with Crippen molar-refractivity contribution in [2.75, 3.05) is 41.7 Å². The number of hydrogen-bond donors (Lipinski definition) is 3. The minimum absolute atomic E-state index is 0.0148. The van der Waals surface area contributed by atoms with Gasteiger partial charge in [-0.25, -0.2) is 22.9 Å². The molecule has 0 unspecified atom stereocenters. The van der Waals surface area contributed by atoms with Gasteiger partial charge in [-0.2, -0.15) is 4.39 Å². The number of anilines is 3. The van der Waals surface area contributed by atoms with Gasteiger partial charge in [0.1, 0.15) is 17.4 Å². The molecular weight excluding hydrogens is 492 g/mol. The van der Waals surface area contributed by atoms with Gasteiger partial charge in [-0.15, -0.1) is 0 Å². The van der Waals surface area contributed by atoms with Gasteiger partial charge < -0.3 is 25.6 Å². The topological polar surface area (TPSA) is 91.4 Å². The van der Waals surface area contributed by atoms with Crippen molar-refractivity contribution >= 4 is 34.3 Å². The highest BCUT2D eigenvalue weighted by Crippen LogP contribution is 2.34. The summed E-state index contributed by atoms with van der Waals surface area (Å²) in [4.78, 5) is 23.1. The number of hydrogen-bond acceptors (Lipinski definition) is 6. The molecule has 5 rings (SSSR count). The lowest BCUT2D eigenvalue weighted by Gasteiger charge is -2.28. The third-order valence-electron chi connectivity index (χ3n) is 5.61. The number of amides is 2. The Hall–Kier alpha value is -4.45. The quantitative estimate of drug-likeness (QED) is 0.257. The summed E-state index contributed by atoms with van der Waals surface area (Å²) in [6.07, 6.45) is 1.65. The summed E-state index contributed by atoms with van der Waals surface area (Å²) in [5, 5.41) is 7.49. The number of halogens is 4. The Morgan fingerprint density at radius 2 is 1.76 bits per heavy atom. The molecular formula is C25H20F4N6O2. The molecule has 4 aromatic rings. The van der Waals surface area contributed by atoms with E-state index in [-0.39, 0.29) is 11.4 Å². The van der Waals surface area contributed by atoms with Crippen molar-refractivity contribution in [1.29, 1.82) is 0 Å². The Morgan fingerprint density at radius 3 is 2.54 bits per heavy atom. The predicted octanol–water partition coefficient (Wildman–Crippen LogP) is 5.03. The number of fused-ring (bicyclic) bond motifs is 1. The highest BCUT2D eigenvalue weighted by molar-refractivity contribution is 5.99. The van der Waals surface area contributed by atoms with Crippen molar-refractivity contribution in [2.45, 2.75) is 0 Å². The van der Waals surface area contributed by atoms with E-state index in [9.17, 15) is 22.4 Å². The van der Waals surface area contributed by atoms with Gasteiger partial charge >= 0.3 is 6.03 Å². The summed E-state index contributed by atoms with van der Waals surface area (Å²) < 4.78 is 62.8. The van der Waals surface area contributed by atoms with Crippen molar-refractivity contribution in [1.82, 2.24) is 15.3 Å². The number of nitrogens with zero attached hydrogens (tertiary/aromatic N) is 3. The molecule has 0 spiro atoms. The van der Waals surface area contributed by atoms with Crippen molar-refractivity contribution < 1.29 is 27.1 Å². The summed E-state index contributed by atoms with van der Waals surface area (Å²) in [5.74, 6) is -5.35. The average Bonchev–Trinajstić information content (AvgIpc) is 2.89. The molecule has 37 heavy (non-hydrogen) atoms. The smallest absolute Gasteiger partial charge is 0.323 e. The van der Waals surface area contributed by atoms with E-state index in [1.165, 1.54) is 30.3 Å². The molecule has 1 aliphatic heterocycles. The first kappa shape index (κ1) is 24.3. The van der Waals surface area contributed by atoms with E-state index in [2.05, 4.69) is 25.5 Å². The van der Waals surface area contributed by atoms with Crippen LogP contribution in [0.2, 0.25) is 0 Å². The van der Waals surface area contributed by atoms with Crippen LogP contribution in [-0.2, 0) is 0 Å². The minimum Gasteiger partial charge on any atom is -0.451 e. The third kappa shape index (κ3) is 5.38. The highest BCUT2D eigenvalue weighted by atomic mass is 19.2. The molecule has 1 aliphatic rings. The van der Waals surface area contributed by atoms with Gasteiger partial charge in [0.25, 0.3) is 0 Å². The SMILES string of the molecule is O=C(Nc1cccc(F)c1)Nc1cc(F)c(Oc2ccc3ncc(N4CCNCC4)nc3c2)c(F)c1F. The number of rotatable bonds is 5. The van der Waals surface area contributed by atoms with Crippen molar-refractivity contribution in [3.05, 3.63) is 78.0 Å². The monoisotopic (exact) mass is 512 g/mol. The zero-order valence-corrected chi connectivity index (χ0v) is 19.2. The van der Waals surface area contributed by atoms with Gasteiger partial charge in [-0.05, 0) is 30.3 Å². The van der Waals surface area contributed by atoms with Crippen LogP contribution in [0, 0.1) is 23.3 Å². The second-order valence-electron chi connectivity index (χ2n) is 8.17. The maximum absolute atomic E-state index is 14.8. The molecule has 1 fully saturated rings. The molecule has 0 radical (unpaired) electrons. The molecule has 0 bridgehead atoms. The Labute approximate surface area is 208 Å². The summed E-state index contributed by atoms with van der Waals surface area (Å²) in [5.41, 5.74) is 0.281. The van der Waals surface area contributed by atoms with Crippen LogP contribution in [0.25, 0.3) is 11.0 Å². The average molecular weight is 512 g/mol. The zero-order chi connectivity index (χ0) is 25.9. The fourth-order valence-corrected chi connectivity index (χ4v) is 3.82. The maximum atomic E-state index is 14.8. The van der Waals surface area contributed by atoms with Crippen LogP contribution >= 0.6 is 0 Å². The van der Waals surface area contributed by atoms with Crippen molar-refractivity contribution in [2.24, 2.45) is 0 Å². The van der Waals surface area contributed by atoms with Gasteiger partial charge in [-0.3, -0.25) is 4.98 Å². The van der Waals surface area contributed by atoms with Crippen molar-refractivity contribution in [3.63, 3.8) is 0 Å². The molecule has 0 aliphatic carbocycles. The van der Waals surface area contributed by atoms with Gasteiger partial charge in [0.15, 0.2) is 11.6 Å². The lowest BCUT2D eigenvalue weighted by Crippen LogP contribution is -2.43. The fourth-order valence-electron chi connectivity index (χ4n) is 3.82. The van der Waals surface area contributed by atoms with E-state index >= 15 is 0 Å². The number of carbonyl (C=O) groups excluding carboxylic acids is 1. The van der Waals surface area contributed by atoms with Gasteiger partial charge in [0, 0.05) is 44.0 Å². The van der Waals surface area contributed by atoms with Crippen LogP contribution in [0.4, 0.5) is 39.5 Å². The Kier molecular flexibility index (Phi) is 6.73. The first-order valence-electron chi connectivity index (χ1n) is 11.3. The Bertz CT molecular complexity index is 1480. The molecule has 1 aromatic heterocycles. The molecule has 8 nitrogen and oxygen atoms in total. The van der Waals surface area contributed by atoms with Crippen LogP contribution in [0.1, 0.15) is 0 Å². The first-order valence-corrected chi connectivity index (χ1v) is 11.3. The number of urea groups is 1. The van der Waals surface area contributed by atoms with Crippen molar-refractivity contribution in [3.8, 4) is 11.5 Å². The molecule has 3 aromatic carbocycles. The number of nitrogens with one attached hydrogen (secondary N) is 3. The molecule has 1 saturated heterocycles. The number of piperazine rings is 1. The van der Waals surface area contributed by atoms with E-state index < -0.39 is 40.7 Å². The molecule has 0 saturated carbocycles. The van der Waals surface area contributed by atoms with Gasteiger partial charge in [0.2, 0.25) is 11.6 Å². The van der Waals surface area contributed by atoms with E-state index in [0.717, 1.165) is 32.2 Å². The first-order chi connectivity index (χ1) is 17.9. The summed E-state index contributed by atoms with van der Waals surface area (Å²) in [7, 11) is 0. The van der Waals surface area contributed by atoms with Crippen LogP contribution in [0.5, 0.6) is 11.5 Å². The minimum atomic E-state index is -1.64. The van der Waals surface area contributed by atoms with Crippen LogP contribution < -0.4 is 25.6 Å². The maximum Gasteiger partial charge on any atom is 0.323 e. The van der Waals surface area contributed by atoms with E-state index in [1.54, 1.807) is 12.3 Å². The van der Waals surface area contributed by atoms with E-state index in [1.807, 2.05) is 5.32 Å². The normalized spacial score (nSPS) is 13.5. The fraction of sp³-hybridized carbons (Fsp3) is 0.160. The van der Waals surface area contributed by atoms with E-state index in [4.69, 9.17) is 4.74 Å². The number of carbonyl (C=O) groups is 1. The van der Waals surface area contributed by atoms with Crippen LogP contribution in [0.3, 0.4) is 0 Å². The Balaban J connectivity index is 1.35. The summed E-state index contributed by atoms with van der Waals surface area (Å²) in [6.45, 7) is 3.13. The summed E-state index contributed by atoms with van der Waals surface area (Å²) >= 11 is 0. The lowest BCUT2D eigenvalue weighted by atomic mass is 10.2. The molecule has 190 valence electrons. The Morgan fingerprint density at radius 1 is 0.946 bits per heavy atom. The molecule has 0 atom stereocenters. The van der Waals surface area contributed by atoms with Crippen LogP contribution in [0.15, 0.2) is 54.7 Å². The van der Waals surface area contributed by atoms with Gasteiger partial charge in [-0.1, -0.05) is 6.07 Å². The zero-order valence-electron chi connectivity index (χ0n) is 19.2. The number of aromatic nitrogens is 2. The highest BCUT2D eigenvalue weighted by Gasteiger charge is 2.22. The second-order valence-corrected chi connectivity index (χ2v) is 8.17. The van der Waals surface area contributed by atoms with Gasteiger partial charge in [0.05, 0.1) is 22.9 Å². The molecule has 2 heterocycles. The summed E-state index contributed by atoms with van der Waals surface area (Å²) in [6, 6.07) is 8.93. The number of ether oxygens (including phenoxy) is 1. The van der Waals surface area contributed by atoms with E-state index in [0.29, 0.717) is 22.9 Å². The van der Waals surface area contributed by atoms with Crippen LogP contribution in [-0.4, -0.2) is 42.2 Å². The third-order valence-corrected chi connectivity index (χ3v) is 5.61. The second kappa shape index (κ2) is 10.3. The molecule has 12 heteroatoms. The lowest BCUT2D eigenvalue weighted by molar-refractivity contribution is 0.262. The number of benzene rings is 3. The molecule has 2 amide bonds. The standard InChI is InChI=1S/C25H20F4N6O2/c26-14-2-1-3-15(10-14)32-25(36)34-20-12-17(27)24(23(29)22(20)28)37-16-4-5-18-19(11-16)33-21(13-31-18)35-8-6-30-7-9-35/h1-5,10-13,30H,6-9H2,(H2,32,34,36). The molecule has 3 N–H and O–H groups in total.